The Morgan fingerprint density at radius 3 is 2.47 bits per heavy atom. The number of hydrogen-bond donors (Lipinski definition) is 1. The van der Waals surface area contributed by atoms with E-state index in [4.69, 9.17) is 21.4 Å². The van der Waals surface area contributed by atoms with Gasteiger partial charge in [0.25, 0.3) is 11.8 Å². The molecule has 2 aliphatic carbocycles. The Morgan fingerprint density at radius 2 is 1.93 bits per heavy atom. The van der Waals surface area contributed by atoms with E-state index in [0.29, 0.717) is 0 Å². The highest BCUT2D eigenvalue weighted by Gasteiger charge is 2.59. The molecule has 0 aromatic heterocycles. The molecule has 30 heavy (non-hydrogen) atoms. The van der Waals surface area contributed by atoms with Crippen molar-refractivity contribution in [2.24, 2.45) is 28.8 Å². The van der Waals surface area contributed by atoms with E-state index in [-0.39, 0.29) is 28.2 Å². The number of benzene rings is 1. The molecule has 4 rings (SSSR count). The van der Waals surface area contributed by atoms with E-state index < -0.39 is 46.3 Å². The number of carbonyl (C=O) groups excluding carboxylic acids is 2. The number of aliphatic carboxylic acids is 1. The number of hydrazone groups is 1. The number of nitro benzene ring substituents is 1. The number of hydrogen-bond acceptors (Lipinski definition) is 7. The third kappa shape index (κ3) is 3.13. The van der Waals surface area contributed by atoms with Gasteiger partial charge in [-0.1, -0.05) is 23.8 Å². The van der Waals surface area contributed by atoms with Gasteiger partial charge in [-0.2, -0.15) is 10.1 Å². The number of imide groups is 1. The summed E-state index contributed by atoms with van der Waals surface area (Å²) in [6.07, 6.45) is 4.33. The first kappa shape index (κ1) is 20.0. The normalized spacial score (nSPS) is 27.7. The molecule has 1 aliphatic heterocycles. The quantitative estimate of drug-likeness (QED) is 0.238. The van der Waals surface area contributed by atoms with Gasteiger partial charge in [0, 0.05) is 16.7 Å². The second-order valence-corrected chi connectivity index (χ2v) is 7.87. The van der Waals surface area contributed by atoms with Crippen LogP contribution in [0, 0.1) is 33.8 Å². The molecule has 1 aromatic rings. The van der Waals surface area contributed by atoms with Crippen molar-refractivity contribution in [3.63, 3.8) is 0 Å². The zero-order valence-corrected chi connectivity index (χ0v) is 16.4. The fraction of sp³-hybridized carbons (Fsp3) is 0.368. The Bertz CT molecular complexity index is 1010. The maximum Gasteiger partial charge on any atom is 0.344 e. The lowest BCUT2D eigenvalue weighted by molar-refractivity contribution is -0.386. The van der Waals surface area contributed by atoms with Gasteiger partial charge in [0.2, 0.25) is 5.75 Å². The molecule has 2 bridgehead atoms. The summed E-state index contributed by atoms with van der Waals surface area (Å²) in [5.74, 6) is -3.40. The topological polar surface area (TPSA) is 139 Å². The Balaban J connectivity index is 1.68. The third-order valence-corrected chi connectivity index (χ3v) is 5.88. The van der Waals surface area contributed by atoms with E-state index in [9.17, 15) is 24.5 Å². The number of carboxylic acid groups (broad SMARTS) is 1. The van der Waals surface area contributed by atoms with Crippen molar-refractivity contribution in [1.29, 1.82) is 0 Å². The lowest BCUT2D eigenvalue weighted by Gasteiger charge is -2.14. The maximum absolute atomic E-state index is 12.7. The highest BCUT2D eigenvalue weighted by atomic mass is 35.5. The molecule has 1 N–H and O–H groups in total. The summed E-state index contributed by atoms with van der Waals surface area (Å²) in [4.78, 5) is 47.2. The number of fused-ring (bicyclic) bond motifs is 5. The standard InChI is InChI=1S/C19H16ClN3O7/c1-8(19(26)27)30-16-11(5-12(20)6-13(16)23(28)29)7-21-22-17(24)14-9-2-3-10(4-9)15(14)18(22)25/h2-3,5-10,14-15H,4H2,1H3,(H,26,27). The Morgan fingerprint density at radius 1 is 1.33 bits per heavy atom. The summed E-state index contributed by atoms with van der Waals surface area (Å²) in [6, 6.07) is 2.29. The van der Waals surface area contributed by atoms with Crippen molar-refractivity contribution < 1.29 is 29.2 Å². The van der Waals surface area contributed by atoms with Crippen molar-refractivity contribution in [3.05, 3.63) is 45.0 Å². The second kappa shape index (κ2) is 7.21. The summed E-state index contributed by atoms with van der Waals surface area (Å²) >= 11 is 5.95. The number of carbonyl (C=O) groups is 3. The summed E-state index contributed by atoms with van der Waals surface area (Å²) in [7, 11) is 0. The molecule has 1 saturated carbocycles. The fourth-order valence-electron chi connectivity index (χ4n) is 4.31. The van der Waals surface area contributed by atoms with Gasteiger partial charge in [0.1, 0.15) is 0 Å². The summed E-state index contributed by atoms with van der Waals surface area (Å²) in [5, 5.41) is 25.2. The number of nitrogens with zero attached hydrogens (tertiary/aromatic N) is 3. The number of allylic oxidation sites excluding steroid dienone is 2. The van der Waals surface area contributed by atoms with Crippen LogP contribution < -0.4 is 4.74 Å². The van der Waals surface area contributed by atoms with Crippen LogP contribution in [0.3, 0.4) is 0 Å². The number of rotatable bonds is 6. The Kier molecular flexibility index (Phi) is 4.81. The minimum atomic E-state index is -1.40. The average molecular weight is 434 g/mol. The highest BCUT2D eigenvalue weighted by Crippen LogP contribution is 2.52. The lowest BCUT2D eigenvalue weighted by atomic mass is 9.85. The number of carboxylic acids is 1. The molecular weight excluding hydrogens is 418 g/mol. The van der Waals surface area contributed by atoms with Crippen LogP contribution in [0.25, 0.3) is 0 Å². The second-order valence-electron chi connectivity index (χ2n) is 7.43. The number of ether oxygens (including phenoxy) is 1. The molecule has 0 radical (unpaired) electrons. The molecule has 2 fully saturated rings. The molecule has 1 saturated heterocycles. The van der Waals surface area contributed by atoms with Crippen molar-refractivity contribution in [1.82, 2.24) is 5.01 Å². The predicted octanol–water partition coefficient (Wildman–Crippen LogP) is 2.24. The van der Waals surface area contributed by atoms with Crippen LogP contribution in [0.1, 0.15) is 18.9 Å². The maximum atomic E-state index is 12.7. The van der Waals surface area contributed by atoms with Gasteiger partial charge in [-0.15, -0.1) is 0 Å². The van der Waals surface area contributed by atoms with Crippen molar-refractivity contribution in [3.8, 4) is 5.75 Å². The summed E-state index contributed by atoms with van der Waals surface area (Å²) in [5.41, 5.74) is -0.587. The molecule has 10 nitrogen and oxygen atoms in total. The van der Waals surface area contributed by atoms with Gasteiger partial charge in [0.15, 0.2) is 6.10 Å². The van der Waals surface area contributed by atoms with Crippen LogP contribution in [-0.2, 0) is 14.4 Å². The monoisotopic (exact) mass is 433 g/mol. The highest BCUT2D eigenvalue weighted by molar-refractivity contribution is 6.31. The smallest absolute Gasteiger partial charge is 0.344 e. The first-order valence-corrected chi connectivity index (χ1v) is 9.54. The molecule has 5 unspecified atom stereocenters. The zero-order chi connectivity index (χ0) is 21.7. The Labute approximate surface area is 174 Å². The minimum absolute atomic E-state index is 0.0132. The first-order valence-electron chi connectivity index (χ1n) is 9.16. The molecular formula is C19H16ClN3O7. The average Bonchev–Trinajstić information content (AvgIpc) is 3.36. The number of nitro groups is 1. The van der Waals surface area contributed by atoms with Crippen molar-refractivity contribution >= 4 is 41.3 Å². The zero-order valence-electron chi connectivity index (χ0n) is 15.6. The number of amides is 2. The van der Waals surface area contributed by atoms with Crippen molar-refractivity contribution in [2.75, 3.05) is 0 Å². The SMILES string of the molecule is CC(Oc1c(C=NN2C(=O)C3C4C=CC(C4)C3C2=O)cc(Cl)cc1[N+](=O)[O-])C(=O)O. The minimum Gasteiger partial charge on any atom is -0.479 e. The molecule has 2 amide bonds. The van der Waals surface area contributed by atoms with E-state index >= 15 is 0 Å². The van der Waals surface area contributed by atoms with Crippen LogP contribution in [0.4, 0.5) is 5.69 Å². The van der Waals surface area contributed by atoms with E-state index in [0.717, 1.165) is 23.7 Å². The summed E-state index contributed by atoms with van der Waals surface area (Å²) in [6.45, 7) is 1.21. The van der Waals surface area contributed by atoms with Crippen LogP contribution in [0.5, 0.6) is 5.75 Å². The van der Waals surface area contributed by atoms with Gasteiger partial charge in [-0.25, -0.2) is 4.79 Å². The molecule has 0 spiro atoms. The van der Waals surface area contributed by atoms with E-state index in [1.807, 2.05) is 12.2 Å². The Hall–Kier alpha value is -3.27. The predicted molar refractivity (Wildman–Crippen MR) is 103 cm³/mol. The molecule has 156 valence electrons. The third-order valence-electron chi connectivity index (χ3n) is 5.66. The molecule has 3 aliphatic rings. The van der Waals surface area contributed by atoms with Crippen LogP contribution >= 0.6 is 11.6 Å². The molecule has 1 heterocycles. The van der Waals surface area contributed by atoms with Crippen LogP contribution in [0.2, 0.25) is 5.02 Å². The van der Waals surface area contributed by atoms with Crippen molar-refractivity contribution in [2.45, 2.75) is 19.4 Å². The molecule has 5 atom stereocenters. The van der Waals surface area contributed by atoms with Gasteiger partial charge < -0.3 is 9.84 Å². The van der Waals surface area contributed by atoms with Crippen LogP contribution in [0.15, 0.2) is 29.4 Å². The largest absolute Gasteiger partial charge is 0.479 e. The first-order chi connectivity index (χ1) is 14.2. The molecule has 1 aromatic carbocycles. The van der Waals surface area contributed by atoms with Gasteiger partial charge in [-0.3, -0.25) is 19.7 Å². The van der Waals surface area contributed by atoms with E-state index in [1.165, 1.54) is 13.0 Å². The number of halogens is 1. The van der Waals surface area contributed by atoms with E-state index in [1.54, 1.807) is 0 Å². The van der Waals surface area contributed by atoms with Gasteiger partial charge >= 0.3 is 11.7 Å². The van der Waals surface area contributed by atoms with E-state index in [2.05, 4.69) is 5.10 Å². The van der Waals surface area contributed by atoms with Gasteiger partial charge in [0.05, 0.1) is 23.0 Å². The molecule has 11 heteroatoms. The lowest BCUT2D eigenvalue weighted by Crippen LogP contribution is -2.28. The summed E-state index contributed by atoms with van der Waals surface area (Å²) < 4.78 is 5.25. The van der Waals surface area contributed by atoms with Crippen LogP contribution in [-0.4, -0.2) is 45.1 Å². The fourth-order valence-corrected chi connectivity index (χ4v) is 4.53. The van der Waals surface area contributed by atoms with Gasteiger partial charge in [-0.05, 0) is 31.2 Å².